The van der Waals surface area contributed by atoms with Gasteiger partial charge in [-0.2, -0.15) is 0 Å². The minimum Gasteiger partial charge on any atom is -0.382 e. The second-order valence-corrected chi connectivity index (χ2v) is 6.23. The minimum absolute atomic E-state index is 0.336. The molecule has 0 aliphatic heterocycles. The first-order valence-electron chi connectivity index (χ1n) is 8.46. The van der Waals surface area contributed by atoms with Crippen LogP contribution in [0.4, 0.5) is 0 Å². The van der Waals surface area contributed by atoms with Crippen LogP contribution in [0.5, 0.6) is 0 Å². The zero-order valence-electron chi connectivity index (χ0n) is 13.8. The van der Waals surface area contributed by atoms with E-state index < -0.39 is 0 Å². The van der Waals surface area contributed by atoms with Crippen LogP contribution in [0.15, 0.2) is 18.3 Å². The molecule has 1 N–H and O–H groups in total. The summed E-state index contributed by atoms with van der Waals surface area (Å²) in [7, 11) is 1.80. The Morgan fingerprint density at radius 1 is 1.43 bits per heavy atom. The summed E-state index contributed by atoms with van der Waals surface area (Å²) in [6.45, 7) is 5.48. The average molecular weight is 290 g/mol. The lowest BCUT2D eigenvalue weighted by Crippen LogP contribution is -2.38. The zero-order chi connectivity index (χ0) is 15.1. The van der Waals surface area contributed by atoms with Gasteiger partial charge in [0.15, 0.2) is 0 Å². The molecule has 0 fully saturated rings. The van der Waals surface area contributed by atoms with E-state index in [2.05, 4.69) is 31.3 Å². The Hall–Kier alpha value is -0.930. The molecule has 118 valence electrons. The summed E-state index contributed by atoms with van der Waals surface area (Å²) < 4.78 is 5.42. The van der Waals surface area contributed by atoms with Gasteiger partial charge >= 0.3 is 0 Å². The smallest absolute Gasteiger partial charge is 0.0543 e. The van der Waals surface area contributed by atoms with Gasteiger partial charge in [-0.3, -0.25) is 4.98 Å². The van der Waals surface area contributed by atoms with Gasteiger partial charge in [-0.25, -0.2) is 0 Å². The molecule has 1 aliphatic carbocycles. The van der Waals surface area contributed by atoms with E-state index in [0.29, 0.717) is 18.1 Å². The highest BCUT2D eigenvalue weighted by atomic mass is 16.5. The molecule has 0 saturated heterocycles. The summed E-state index contributed by atoms with van der Waals surface area (Å²) >= 11 is 0. The predicted octanol–water partition coefficient (Wildman–Crippen LogP) is 3.68. The molecule has 0 amide bonds. The molecule has 0 spiro atoms. The van der Waals surface area contributed by atoms with Gasteiger partial charge in [0.2, 0.25) is 0 Å². The third-order valence-electron chi connectivity index (χ3n) is 4.67. The zero-order valence-corrected chi connectivity index (χ0v) is 13.8. The topological polar surface area (TPSA) is 34.1 Å². The van der Waals surface area contributed by atoms with Crippen LogP contribution in [0, 0.1) is 0 Å². The largest absolute Gasteiger partial charge is 0.382 e. The maximum atomic E-state index is 5.42. The van der Waals surface area contributed by atoms with E-state index in [1.165, 1.54) is 36.9 Å². The molecule has 3 atom stereocenters. The Morgan fingerprint density at radius 3 is 3.05 bits per heavy atom. The van der Waals surface area contributed by atoms with Crippen molar-refractivity contribution in [3.8, 4) is 0 Å². The molecule has 2 rings (SSSR count). The quantitative estimate of drug-likeness (QED) is 0.793. The van der Waals surface area contributed by atoms with Crippen LogP contribution in [0.1, 0.15) is 63.1 Å². The number of rotatable bonds is 8. The summed E-state index contributed by atoms with van der Waals surface area (Å²) in [6, 6.07) is 4.85. The first kappa shape index (κ1) is 16.4. The van der Waals surface area contributed by atoms with Crippen LogP contribution in [0.25, 0.3) is 0 Å². The van der Waals surface area contributed by atoms with Crippen molar-refractivity contribution in [3.05, 3.63) is 29.6 Å². The fraction of sp³-hybridized carbons (Fsp3) is 0.722. The van der Waals surface area contributed by atoms with Gasteiger partial charge in [-0.15, -0.1) is 0 Å². The van der Waals surface area contributed by atoms with E-state index in [4.69, 9.17) is 9.72 Å². The maximum absolute atomic E-state index is 5.42. The average Bonchev–Trinajstić information content (AvgIpc) is 2.54. The Labute approximate surface area is 129 Å². The molecule has 1 aromatic heterocycles. The van der Waals surface area contributed by atoms with E-state index in [-0.39, 0.29) is 0 Å². The second-order valence-electron chi connectivity index (χ2n) is 6.23. The molecule has 21 heavy (non-hydrogen) atoms. The van der Waals surface area contributed by atoms with Gasteiger partial charge in [0.25, 0.3) is 0 Å². The summed E-state index contributed by atoms with van der Waals surface area (Å²) in [6.07, 6.45) is 9.47. The number of aryl methyl sites for hydroxylation is 1. The number of ether oxygens (including phenoxy) is 1. The van der Waals surface area contributed by atoms with Crippen LogP contribution in [0.3, 0.4) is 0 Å². The highest BCUT2D eigenvalue weighted by molar-refractivity contribution is 5.27. The molecule has 0 radical (unpaired) electrons. The van der Waals surface area contributed by atoms with Gasteiger partial charge in [0.1, 0.15) is 0 Å². The van der Waals surface area contributed by atoms with E-state index in [1.807, 2.05) is 6.20 Å². The van der Waals surface area contributed by atoms with Crippen LogP contribution in [-0.4, -0.2) is 30.8 Å². The Bertz CT molecular complexity index is 421. The highest BCUT2D eigenvalue weighted by Crippen LogP contribution is 2.34. The lowest BCUT2D eigenvalue weighted by Gasteiger charge is -2.32. The van der Waals surface area contributed by atoms with Crippen molar-refractivity contribution in [1.29, 1.82) is 0 Å². The number of nitrogens with one attached hydrogen (secondary N) is 1. The molecule has 3 unspecified atom stereocenters. The predicted molar refractivity (Wildman–Crippen MR) is 87.7 cm³/mol. The van der Waals surface area contributed by atoms with Gasteiger partial charge in [-0.05, 0) is 63.6 Å². The number of hydrogen-bond acceptors (Lipinski definition) is 3. The number of aromatic nitrogens is 1. The molecule has 1 aliphatic rings. The van der Waals surface area contributed by atoms with Gasteiger partial charge in [-0.1, -0.05) is 13.0 Å². The SMILES string of the molecule is CCCNC(CCC(C)OC)C1CCCc2cccnc21. The number of hydrogen-bond donors (Lipinski definition) is 1. The lowest BCUT2D eigenvalue weighted by molar-refractivity contribution is 0.104. The van der Waals surface area contributed by atoms with Crippen LogP contribution >= 0.6 is 0 Å². The highest BCUT2D eigenvalue weighted by Gasteiger charge is 2.28. The summed E-state index contributed by atoms with van der Waals surface area (Å²) in [5, 5.41) is 3.76. The lowest BCUT2D eigenvalue weighted by atomic mass is 9.80. The summed E-state index contributed by atoms with van der Waals surface area (Å²) in [5.74, 6) is 0.561. The van der Waals surface area contributed by atoms with E-state index in [9.17, 15) is 0 Å². The number of nitrogens with zero attached hydrogens (tertiary/aromatic N) is 1. The standard InChI is InChI=1S/C18H30N2O/c1-4-12-19-17(11-10-14(2)21-3)16-9-5-7-15-8-6-13-20-18(15)16/h6,8,13-14,16-17,19H,4-5,7,9-12H2,1-3H3. The molecule has 0 aromatic carbocycles. The first-order valence-corrected chi connectivity index (χ1v) is 8.46. The normalized spacial score (nSPS) is 20.8. The summed E-state index contributed by atoms with van der Waals surface area (Å²) in [4.78, 5) is 4.71. The Morgan fingerprint density at radius 2 is 2.29 bits per heavy atom. The van der Waals surface area contributed by atoms with E-state index in [0.717, 1.165) is 19.4 Å². The molecule has 3 heteroatoms. The number of fused-ring (bicyclic) bond motifs is 1. The number of pyridine rings is 1. The fourth-order valence-corrected chi connectivity index (χ4v) is 3.34. The molecule has 3 nitrogen and oxygen atoms in total. The molecule has 0 saturated carbocycles. The van der Waals surface area contributed by atoms with Crippen molar-refractivity contribution >= 4 is 0 Å². The van der Waals surface area contributed by atoms with E-state index >= 15 is 0 Å². The number of methoxy groups -OCH3 is 1. The Kier molecular flexibility index (Phi) is 6.65. The second kappa shape index (κ2) is 8.50. The minimum atomic E-state index is 0.336. The van der Waals surface area contributed by atoms with Crippen molar-refractivity contribution in [2.45, 2.75) is 70.4 Å². The summed E-state index contributed by atoms with van der Waals surface area (Å²) in [5.41, 5.74) is 2.79. The molecular formula is C18H30N2O. The van der Waals surface area contributed by atoms with Crippen molar-refractivity contribution < 1.29 is 4.74 Å². The van der Waals surface area contributed by atoms with Gasteiger partial charge < -0.3 is 10.1 Å². The molecule has 1 heterocycles. The maximum Gasteiger partial charge on any atom is 0.0543 e. The van der Waals surface area contributed by atoms with Gasteiger partial charge in [0.05, 0.1) is 6.10 Å². The third-order valence-corrected chi connectivity index (χ3v) is 4.67. The molecule has 0 bridgehead atoms. The van der Waals surface area contributed by atoms with Crippen LogP contribution in [0.2, 0.25) is 0 Å². The van der Waals surface area contributed by atoms with Crippen LogP contribution in [-0.2, 0) is 11.2 Å². The molecule has 1 aromatic rings. The molecular weight excluding hydrogens is 260 g/mol. The first-order chi connectivity index (χ1) is 10.3. The van der Waals surface area contributed by atoms with E-state index in [1.54, 1.807) is 7.11 Å². The van der Waals surface area contributed by atoms with Crippen molar-refractivity contribution in [2.24, 2.45) is 0 Å². The third kappa shape index (κ3) is 4.52. The van der Waals surface area contributed by atoms with Crippen molar-refractivity contribution in [2.75, 3.05) is 13.7 Å². The van der Waals surface area contributed by atoms with Crippen molar-refractivity contribution in [1.82, 2.24) is 10.3 Å². The van der Waals surface area contributed by atoms with Gasteiger partial charge in [0, 0.05) is 31.0 Å². The van der Waals surface area contributed by atoms with Crippen molar-refractivity contribution in [3.63, 3.8) is 0 Å². The fourth-order valence-electron chi connectivity index (χ4n) is 3.34. The monoisotopic (exact) mass is 290 g/mol. The Balaban J connectivity index is 2.09. The van der Waals surface area contributed by atoms with Crippen LogP contribution < -0.4 is 5.32 Å².